The maximum absolute atomic E-state index is 12.9. The third-order valence-electron chi connectivity index (χ3n) is 4.56. The average Bonchev–Trinajstić information content (AvgIpc) is 3.09. The Balaban J connectivity index is 1.97. The highest BCUT2D eigenvalue weighted by Crippen LogP contribution is 2.21. The van der Waals surface area contributed by atoms with E-state index in [0.717, 1.165) is 5.56 Å². The first kappa shape index (κ1) is 21.7. The summed E-state index contributed by atoms with van der Waals surface area (Å²) < 4.78 is 10.2. The van der Waals surface area contributed by atoms with Crippen LogP contribution >= 0.6 is 0 Å². The Morgan fingerprint density at radius 1 is 1.18 bits per heavy atom. The van der Waals surface area contributed by atoms with Crippen LogP contribution in [0, 0.1) is 0 Å². The Labute approximate surface area is 165 Å². The van der Waals surface area contributed by atoms with E-state index in [1.807, 2.05) is 30.3 Å². The highest BCUT2D eigenvalue weighted by atomic mass is 16.5. The minimum absolute atomic E-state index is 0.0554. The van der Waals surface area contributed by atoms with Gasteiger partial charge in [0, 0.05) is 26.1 Å². The largest absolute Gasteiger partial charge is 0.466 e. The fourth-order valence-corrected chi connectivity index (χ4v) is 3.10. The summed E-state index contributed by atoms with van der Waals surface area (Å²) in [6, 6.07) is 8.01. The van der Waals surface area contributed by atoms with E-state index in [9.17, 15) is 19.5 Å². The van der Waals surface area contributed by atoms with E-state index in [0.29, 0.717) is 6.54 Å². The Morgan fingerprint density at radius 2 is 1.89 bits per heavy atom. The van der Waals surface area contributed by atoms with Crippen molar-refractivity contribution in [2.24, 2.45) is 0 Å². The summed E-state index contributed by atoms with van der Waals surface area (Å²) in [4.78, 5) is 39.7. The number of aliphatic hydroxyl groups is 1. The number of carbonyl (C=O) groups excluding carboxylic acids is 3. The third-order valence-corrected chi connectivity index (χ3v) is 4.56. The van der Waals surface area contributed by atoms with Gasteiger partial charge >= 0.3 is 18.0 Å². The fourth-order valence-electron chi connectivity index (χ4n) is 3.10. The molecule has 1 heterocycles. The lowest BCUT2D eigenvalue weighted by atomic mass is 10.2. The lowest BCUT2D eigenvalue weighted by Gasteiger charge is -2.30. The molecule has 0 spiro atoms. The molecule has 1 N–H and O–H groups in total. The smallest absolute Gasteiger partial charge is 0.329 e. The van der Waals surface area contributed by atoms with Crippen molar-refractivity contribution in [2.45, 2.75) is 45.4 Å². The lowest BCUT2D eigenvalue weighted by molar-refractivity contribution is -0.149. The molecule has 0 bridgehead atoms. The van der Waals surface area contributed by atoms with E-state index in [1.165, 1.54) is 9.80 Å². The van der Waals surface area contributed by atoms with Gasteiger partial charge in [0.25, 0.3) is 0 Å². The van der Waals surface area contributed by atoms with E-state index in [2.05, 4.69) is 0 Å². The zero-order valence-corrected chi connectivity index (χ0v) is 16.4. The molecule has 28 heavy (non-hydrogen) atoms. The van der Waals surface area contributed by atoms with Crippen molar-refractivity contribution >= 4 is 18.0 Å². The molecular formula is C20H28N2O6. The summed E-state index contributed by atoms with van der Waals surface area (Å²) in [5.74, 6) is -0.927. The van der Waals surface area contributed by atoms with Crippen molar-refractivity contribution in [3.05, 3.63) is 35.9 Å². The van der Waals surface area contributed by atoms with Crippen LogP contribution in [0.15, 0.2) is 30.3 Å². The normalized spacial score (nSPS) is 18.6. The number of esters is 2. The Morgan fingerprint density at radius 3 is 2.54 bits per heavy atom. The number of amides is 2. The lowest BCUT2D eigenvalue weighted by Crippen LogP contribution is -2.49. The Kier molecular flexibility index (Phi) is 8.25. The molecule has 0 saturated carbocycles. The molecule has 1 aromatic rings. The minimum atomic E-state index is -0.845. The molecule has 8 nitrogen and oxygen atoms in total. The highest BCUT2D eigenvalue weighted by molar-refractivity contribution is 5.85. The second-order valence-corrected chi connectivity index (χ2v) is 6.57. The van der Waals surface area contributed by atoms with E-state index in [4.69, 9.17) is 9.47 Å². The van der Waals surface area contributed by atoms with Gasteiger partial charge in [-0.15, -0.1) is 0 Å². The van der Waals surface area contributed by atoms with Crippen LogP contribution in [0.5, 0.6) is 0 Å². The number of benzene rings is 1. The first-order valence-electron chi connectivity index (χ1n) is 9.56. The van der Waals surface area contributed by atoms with Crippen molar-refractivity contribution in [1.82, 2.24) is 9.80 Å². The van der Waals surface area contributed by atoms with Gasteiger partial charge in [0.15, 0.2) is 0 Å². The fraction of sp³-hybridized carbons (Fsp3) is 0.550. The number of ether oxygens (including phenoxy) is 2. The summed E-state index contributed by atoms with van der Waals surface area (Å²) in [5.41, 5.74) is 0.844. The number of nitrogens with zero attached hydrogens (tertiary/aromatic N) is 2. The summed E-state index contributed by atoms with van der Waals surface area (Å²) in [5, 5.41) is 10.0. The average molecular weight is 392 g/mol. The second kappa shape index (κ2) is 10.7. The molecular weight excluding hydrogens is 364 g/mol. The van der Waals surface area contributed by atoms with Crippen LogP contribution in [0.3, 0.4) is 0 Å². The molecule has 1 aliphatic rings. The second-order valence-electron chi connectivity index (χ2n) is 6.57. The topological polar surface area (TPSA) is 96.4 Å². The molecule has 1 aromatic carbocycles. The molecule has 8 heteroatoms. The first-order chi connectivity index (χ1) is 13.5. The minimum Gasteiger partial charge on any atom is -0.466 e. The standard InChI is InChI=1S/C20H28N2O6/c1-3-21(11-10-18(24)27-4-2)20(26)22-13-16(23)12-17(22)19(25)28-14-15-8-6-5-7-9-15/h5-9,16-17,23H,3-4,10-14H2,1-2H3/t16-,17+/m1/s1. The third kappa shape index (κ3) is 5.95. The van der Waals surface area contributed by atoms with E-state index >= 15 is 0 Å². The van der Waals surface area contributed by atoms with Crippen molar-refractivity contribution in [2.75, 3.05) is 26.2 Å². The number of hydrogen-bond acceptors (Lipinski definition) is 6. The molecule has 2 rings (SSSR count). The molecule has 1 fully saturated rings. The zero-order valence-electron chi connectivity index (χ0n) is 16.4. The predicted octanol–water partition coefficient (Wildman–Crippen LogP) is 1.56. The molecule has 0 aromatic heterocycles. The highest BCUT2D eigenvalue weighted by Gasteiger charge is 2.41. The zero-order chi connectivity index (χ0) is 20.5. The van der Waals surface area contributed by atoms with Crippen LogP contribution in [0.25, 0.3) is 0 Å². The summed E-state index contributed by atoms with van der Waals surface area (Å²) in [7, 11) is 0. The molecule has 2 atom stereocenters. The van der Waals surface area contributed by atoms with Gasteiger partial charge in [0.2, 0.25) is 0 Å². The SMILES string of the molecule is CCOC(=O)CCN(CC)C(=O)N1C[C@H](O)C[C@H]1C(=O)OCc1ccccc1. The van der Waals surface area contributed by atoms with Gasteiger partial charge in [0.05, 0.1) is 19.1 Å². The van der Waals surface area contributed by atoms with E-state index < -0.39 is 24.1 Å². The number of likely N-dealkylation sites (tertiary alicyclic amines) is 1. The maximum atomic E-state index is 12.9. The molecule has 154 valence electrons. The van der Waals surface area contributed by atoms with Gasteiger partial charge in [-0.1, -0.05) is 30.3 Å². The number of aliphatic hydroxyl groups excluding tert-OH is 1. The molecule has 2 amide bonds. The van der Waals surface area contributed by atoms with Gasteiger partial charge < -0.3 is 24.4 Å². The summed E-state index contributed by atoms with van der Waals surface area (Å²) in [6.07, 6.45) is -0.580. The molecule has 1 aliphatic heterocycles. The summed E-state index contributed by atoms with van der Waals surface area (Å²) >= 11 is 0. The molecule has 0 aliphatic carbocycles. The molecule has 0 radical (unpaired) electrons. The van der Waals surface area contributed by atoms with Crippen molar-refractivity contribution < 1.29 is 29.0 Å². The van der Waals surface area contributed by atoms with Gasteiger partial charge in [-0.05, 0) is 19.4 Å². The van der Waals surface area contributed by atoms with Gasteiger partial charge in [0.1, 0.15) is 12.6 Å². The monoisotopic (exact) mass is 392 g/mol. The van der Waals surface area contributed by atoms with Gasteiger partial charge in [-0.2, -0.15) is 0 Å². The first-order valence-corrected chi connectivity index (χ1v) is 9.56. The van der Waals surface area contributed by atoms with Gasteiger partial charge in [-0.3, -0.25) is 4.79 Å². The number of urea groups is 1. The van der Waals surface area contributed by atoms with E-state index in [-0.39, 0.29) is 45.1 Å². The molecule has 0 unspecified atom stereocenters. The van der Waals surface area contributed by atoms with Crippen LogP contribution in [-0.4, -0.2) is 71.3 Å². The molecule has 1 saturated heterocycles. The Hall–Kier alpha value is -2.61. The van der Waals surface area contributed by atoms with Crippen molar-refractivity contribution in [3.63, 3.8) is 0 Å². The van der Waals surface area contributed by atoms with Crippen LogP contribution in [0.2, 0.25) is 0 Å². The van der Waals surface area contributed by atoms with Crippen LogP contribution in [-0.2, 0) is 25.7 Å². The quantitative estimate of drug-likeness (QED) is 0.675. The number of hydrogen-bond donors (Lipinski definition) is 1. The maximum Gasteiger partial charge on any atom is 0.329 e. The van der Waals surface area contributed by atoms with Crippen LogP contribution in [0.1, 0.15) is 32.3 Å². The van der Waals surface area contributed by atoms with Crippen LogP contribution < -0.4 is 0 Å². The van der Waals surface area contributed by atoms with Crippen LogP contribution in [0.4, 0.5) is 4.79 Å². The van der Waals surface area contributed by atoms with Crippen molar-refractivity contribution in [3.8, 4) is 0 Å². The number of β-amino-alcohol motifs (C(OH)–C–C–N with tert-alkyl or cyclic N) is 1. The Bertz CT molecular complexity index is 666. The summed E-state index contributed by atoms with van der Waals surface area (Å²) in [6.45, 7) is 4.51. The number of rotatable bonds is 8. The van der Waals surface area contributed by atoms with E-state index in [1.54, 1.807) is 13.8 Å². The number of carbonyl (C=O) groups is 3. The predicted molar refractivity (Wildman–Crippen MR) is 101 cm³/mol. The van der Waals surface area contributed by atoms with Crippen molar-refractivity contribution in [1.29, 1.82) is 0 Å². The van der Waals surface area contributed by atoms with Gasteiger partial charge in [-0.25, -0.2) is 9.59 Å².